The second kappa shape index (κ2) is 10.4. The van der Waals surface area contributed by atoms with Crippen LogP contribution in [-0.4, -0.2) is 54.2 Å². The van der Waals surface area contributed by atoms with Crippen molar-refractivity contribution in [2.45, 2.75) is 37.9 Å². The van der Waals surface area contributed by atoms with Crippen LogP contribution in [0.25, 0.3) is 0 Å². The molecular weight excluding hydrogens is 338 g/mol. The molecule has 3 rings (SSSR count). The van der Waals surface area contributed by atoms with E-state index in [9.17, 15) is 9.90 Å². The molecule has 1 aliphatic rings. The lowest BCUT2D eigenvalue weighted by atomic mass is 10.00. The third-order valence-electron chi connectivity index (χ3n) is 5.02. The number of likely N-dealkylation sites (tertiary alicyclic amines) is 1. The number of β-amino-alcohol motifs (C(OH)–C–C–N with tert-alkyl or cyclic N) is 1. The minimum Gasteiger partial charge on any atom is -0.389 e. The van der Waals surface area contributed by atoms with Gasteiger partial charge in [-0.1, -0.05) is 67.1 Å². The lowest BCUT2D eigenvalue weighted by Crippen LogP contribution is -2.39. The zero-order valence-electron chi connectivity index (χ0n) is 15.8. The maximum atomic E-state index is 12.9. The fourth-order valence-electron chi connectivity index (χ4n) is 3.56. The maximum Gasteiger partial charge on any atom is 0.191 e. The summed E-state index contributed by atoms with van der Waals surface area (Å²) in [5.74, 6) is -0.0374. The normalized spacial score (nSPS) is 17.4. The predicted octanol–water partition coefficient (Wildman–Crippen LogP) is 3.34. The second-order valence-corrected chi connectivity index (χ2v) is 7.26. The molecule has 0 spiro atoms. The molecule has 0 saturated carbocycles. The van der Waals surface area contributed by atoms with Gasteiger partial charge in [-0.25, -0.2) is 0 Å². The van der Waals surface area contributed by atoms with Gasteiger partial charge in [0.1, 0.15) is 6.10 Å². The number of ketones is 1. The molecule has 1 fully saturated rings. The van der Waals surface area contributed by atoms with E-state index in [2.05, 4.69) is 4.90 Å². The predicted molar refractivity (Wildman–Crippen MR) is 107 cm³/mol. The third-order valence-corrected chi connectivity index (χ3v) is 5.02. The monoisotopic (exact) mass is 367 g/mol. The number of hydrogen-bond donors (Lipinski definition) is 1. The van der Waals surface area contributed by atoms with Gasteiger partial charge in [-0.3, -0.25) is 4.79 Å². The summed E-state index contributed by atoms with van der Waals surface area (Å²) < 4.78 is 5.94. The van der Waals surface area contributed by atoms with Gasteiger partial charge in [-0.2, -0.15) is 0 Å². The number of hydrogen-bond acceptors (Lipinski definition) is 4. The van der Waals surface area contributed by atoms with Gasteiger partial charge in [-0.05, 0) is 31.5 Å². The molecule has 1 aliphatic heterocycles. The molecule has 1 saturated heterocycles. The summed E-state index contributed by atoms with van der Waals surface area (Å²) in [6.07, 6.45) is 2.99. The van der Waals surface area contributed by atoms with Crippen molar-refractivity contribution in [3.8, 4) is 0 Å². The Morgan fingerprint density at radius 1 is 0.963 bits per heavy atom. The lowest BCUT2D eigenvalue weighted by molar-refractivity contribution is -0.0151. The molecule has 0 bridgehead atoms. The third kappa shape index (κ3) is 6.28. The highest BCUT2D eigenvalue weighted by Crippen LogP contribution is 2.14. The van der Waals surface area contributed by atoms with E-state index >= 15 is 0 Å². The van der Waals surface area contributed by atoms with Crippen LogP contribution >= 0.6 is 0 Å². The molecule has 27 heavy (non-hydrogen) atoms. The van der Waals surface area contributed by atoms with E-state index in [1.165, 1.54) is 19.3 Å². The minimum atomic E-state index is -0.592. The largest absolute Gasteiger partial charge is 0.389 e. The van der Waals surface area contributed by atoms with Gasteiger partial charge in [0.15, 0.2) is 5.78 Å². The molecule has 2 aromatic rings. The first-order valence-corrected chi connectivity index (χ1v) is 9.87. The first-order chi connectivity index (χ1) is 13.2. The van der Waals surface area contributed by atoms with Crippen LogP contribution in [-0.2, 0) is 11.2 Å². The molecule has 2 unspecified atom stereocenters. The smallest absolute Gasteiger partial charge is 0.191 e. The van der Waals surface area contributed by atoms with Crippen LogP contribution in [0.3, 0.4) is 0 Å². The van der Waals surface area contributed by atoms with E-state index in [0.29, 0.717) is 18.5 Å². The number of Topliss-reactive ketones (excluding diaryl/α,β-unsaturated/α-hetero) is 1. The second-order valence-electron chi connectivity index (χ2n) is 7.26. The zero-order chi connectivity index (χ0) is 18.9. The highest BCUT2D eigenvalue weighted by atomic mass is 16.5. The van der Waals surface area contributed by atoms with Crippen molar-refractivity contribution < 1.29 is 14.6 Å². The van der Waals surface area contributed by atoms with E-state index in [4.69, 9.17) is 4.74 Å². The molecule has 4 heteroatoms. The standard InChI is InChI=1S/C23H29NO3/c25-21(17-24-14-8-3-9-15-24)18-27-22(16-19-10-4-1-5-11-19)23(26)20-12-6-2-7-13-20/h1-2,4-7,10-13,21-22,25H,3,8-9,14-18H2. The average molecular weight is 367 g/mol. The fraction of sp³-hybridized carbons (Fsp3) is 0.435. The Bertz CT molecular complexity index is 683. The Labute approximate surface area is 161 Å². The average Bonchev–Trinajstić information content (AvgIpc) is 2.73. The van der Waals surface area contributed by atoms with Gasteiger partial charge in [0.25, 0.3) is 0 Å². The highest BCUT2D eigenvalue weighted by Gasteiger charge is 2.23. The van der Waals surface area contributed by atoms with Crippen molar-refractivity contribution in [1.82, 2.24) is 4.90 Å². The molecule has 1 N–H and O–H groups in total. The number of rotatable bonds is 9. The van der Waals surface area contributed by atoms with Crippen molar-refractivity contribution in [1.29, 1.82) is 0 Å². The summed E-state index contributed by atoms with van der Waals surface area (Å²) >= 11 is 0. The summed E-state index contributed by atoms with van der Waals surface area (Å²) in [5, 5.41) is 10.4. The number of nitrogens with zero attached hydrogens (tertiary/aromatic N) is 1. The number of ether oxygens (including phenoxy) is 1. The van der Waals surface area contributed by atoms with Crippen LogP contribution in [0.4, 0.5) is 0 Å². The van der Waals surface area contributed by atoms with Gasteiger partial charge in [0.05, 0.1) is 12.7 Å². The molecule has 144 valence electrons. The molecule has 2 aromatic carbocycles. The molecule has 2 atom stereocenters. The van der Waals surface area contributed by atoms with Crippen LogP contribution in [0.5, 0.6) is 0 Å². The first kappa shape index (κ1) is 19.7. The van der Waals surface area contributed by atoms with Crippen LogP contribution in [0.1, 0.15) is 35.2 Å². The Hall–Kier alpha value is -2.01. The van der Waals surface area contributed by atoms with E-state index in [-0.39, 0.29) is 12.4 Å². The van der Waals surface area contributed by atoms with E-state index in [1.807, 2.05) is 60.7 Å². The van der Waals surface area contributed by atoms with Crippen LogP contribution < -0.4 is 0 Å². The summed E-state index contributed by atoms with van der Waals surface area (Å²) in [4.78, 5) is 15.2. The summed E-state index contributed by atoms with van der Waals surface area (Å²) in [7, 11) is 0. The SMILES string of the molecule is O=C(c1ccccc1)C(Cc1ccccc1)OCC(O)CN1CCCCC1. The Kier molecular flexibility index (Phi) is 7.57. The number of aliphatic hydroxyl groups excluding tert-OH is 1. The molecule has 1 heterocycles. The molecule has 0 aliphatic carbocycles. The number of carbonyl (C=O) groups excluding carboxylic acids is 1. The van der Waals surface area contributed by atoms with Gasteiger partial charge in [0.2, 0.25) is 0 Å². The molecule has 0 amide bonds. The van der Waals surface area contributed by atoms with Crippen LogP contribution in [0.2, 0.25) is 0 Å². The Morgan fingerprint density at radius 3 is 2.26 bits per heavy atom. The molecular formula is C23H29NO3. The minimum absolute atomic E-state index is 0.0374. The van der Waals surface area contributed by atoms with E-state index < -0.39 is 12.2 Å². The van der Waals surface area contributed by atoms with E-state index in [1.54, 1.807) is 0 Å². The maximum absolute atomic E-state index is 12.9. The van der Waals surface area contributed by atoms with Crippen molar-refractivity contribution in [2.24, 2.45) is 0 Å². The van der Waals surface area contributed by atoms with Gasteiger partial charge in [-0.15, -0.1) is 0 Å². The topological polar surface area (TPSA) is 49.8 Å². The summed E-state index contributed by atoms with van der Waals surface area (Å²) in [5.41, 5.74) is 1.70. The van der Waals surface area contributed by atoms with Gasteiger partial charge >= 0.3 is 0 Å². The summed E-state index contributed by atoms with van der Waals surface area (Å²) in [6, 6.07) is 19.1. The number of aliphatic hydroxyl groups is 1. The van der Waals surface area contributed by atoms with Gasteiger partial charge < -0.3 is 14.7 Å². The Morgan fingerprint density at radius 2 is 1.59 bits per heavy atom. The van der Waals surface area contributed by atoms with E-state index in [0.717, 1.165) is 18.7 Å². The van der Waals surface area contributed by atoms with Gasteiger partial charge in [0, 0.05) is 18.5 Å². The fourth-order valence-corrected chi connectivity index (χ4v) is 3.56. The lowest BCUT2D eigenvalue weighted by Gasteiger charge is -2.29. The molecule has 0 aromatic heterocycles. The van der Waals surface area contributed by atoms with Crippen molar-refractivity contribution >= 4 is 5.78 Å². The number of benzene rings is 2. The molecule has 0 radical (unpaired) electrons. The van der Waals surface area contributed by atoms with Crippen molar-refractivity contribution in [2.75, 3.05) is 26.2 Å². The highest BCUT2D eigenvalue weighted by molar-refractivity contribution is 5.99. The number of piperidine rings is 1. The number of carbonyl (C=O) groups is 1. The van der Waals surface area contributed by atoms with Crippen molar-refractivity contribution in [3.05, 3.63) is 71.8 Å². The quantitative estimate of drug-likeness (QED) is 0.691. The summed E-state index contributed by atoms with van der Waals surface area (Å²) in [6.45, 7) is 2.85. The van der Waals surface area contributed by atoms with Crippen molar-refractivity contribution in [3.63, 3.8) is 0 Å². The van der Waals surface area contributed by atoms with Crippen LogP contribution in [0, 0.1) is 0 Å². The van der Waals surface area contributed by atoms with Crippen LogP contribution in [0.15, 0.2) is 60.7 Å². The molecule has 4 nitrogen and oxygen atoms in total. The first-order valence-electron chi connectivity index (χ1n) is 9.87. The zero-order valence-corrected chi connectivity index (χ0v) is 15.8. The Balaban J connectivity index is 1.61.